The summed E-state index contributed by atoms with van der Waals surface area (Å²) in [5.74, 6) is -3.07. The van der Waals surface area contributed by atoms with Crippen LogP contribution >= 0.6 is 0 Å². The van der Waals surface area contributed by atoms with Crippen LogP contribution in [0.3, 0.4) is 0 Å². The van der Waals surface area contributed by atoms with Crippen molar-refractivity contribution in [2.45, 2.75) is 56.6 Å². The smallest absolute Gasteiger partial charge is 0.416 e. The number of aromatic nitrogens is 1. The molecule has 2 amide bonds. The van der Waals surface area contributed by atoms with Gasteiger partial charge in [0.05, 0.1) is 17.9 Å². The first-order valence-corrected chi connectivity index (χ1v) is 15.2. The van der Waals surface area contributed by atoms with Crippen LogP contribution < -0.4 is 15.4 Å². The Kier molecular flexibility index (Phi) is 10.1. The number of hydrogen-bond acceptors (Lipinski definition) is 7. The van der Waals surface area contributed by atoms with E-state index in [9.17, 15) is 49.5 Å². The van der Waals surface area contributed by atoms with Crippen LogP contribution in [0.15, 0.2) is 48.2 Å². The first kappa shape index (κ1) is 34.8. The highest BCUT2D eigenvalue weighted by molar-refractivity contribution is 7.91. The molecule has 3 rings (SSSR count). The number of halogens is 6. The lowest BCUT2D eigenvalue weighted by Crippen LogP contribution is -2.59. The Labute approximate surface area is 249 Å². The fraction of sp³-hybridized carbons (Fsp3) is 0.464. The summed E-state index contributed by atoms with van der Waals surface area (Å²) in [6, 6.07) is 7.09. The predicted molar refractivity (Wildman–Crippen MR) is 147 cm³/mol. The average Bonchev–Trinajstić information content (AvgIpc) is 2.88. The van der Waals surface area contributed by atoms with Gasteiger partial charge in [0, 0.05) is 43.0 Å². The van der Waals surface area contributed by atoms with Gasteiger partial charge in [-0.1, -0.05) is 18.2 Å². The van der Waals surface area contributed by atoms with Gasteiger partial charge in [0.15, 0.2) is 15.4 Å². The number of hydrogen-bond donors (Lipinski definition) is 3. The number of benzene rings is 1. The van der Waals surface area contributed by atoms with Gasteiger partial charge in [0.2, 0.25) is 11.8 Å². The van der Waals surface area contributed by atoms with E-state index in [0.717, 1.165) is 30.5 Å². The Bertz CT molecular complexity index is 1500. The first-order valence-electron chi connectivity index (χ1n) is 13.2. The van der Waals surface area contributed by atoms with Gasteiger partial charge >= 0.3 is 12.4 Å². The number of carbonyl (C=O) groups excluding carboxylic acids is 2. The van der Waals surface area contributed by atoms with Gasteiger partial charge in [-0.2, -0.15) is 26.3 Å². The molecule has 1 aliphatic heterocycles. The van der Waals surface area contributed by atoms with Crippen LogP contribution in [0.25, 0.3) is 5.57 Å². The quantitative estimate of drug-likeness (QED) is 0.248. The monoisotopic (exact) mass is 651 g/mol. The summed E-state index contributed by atoms with van der Waals surface area (Å²) in [5, 5.41) is 14.5. The van der Waals surface area contributed by atoms with Gasteiger partial charge < -0.3 is 20.5 Å². The van der Waals surface area contributed by atoms with Crippen LogP contribution in [0.5, 0.6) is 5.75 Å². The van der Waals surface area contributed by atoms with Crippen LogP contribution in [-0.2, 0) is 30.6 Å². The van der Waals surface area contributed by atoms with Crippen molar-refractivity contribution in [3.8, 4) is 5.75 Å². The second-order valence-electron chi connectivity index (χ2n) is 10.9. The molecule has 0 bridgehead atoms. The maximum absolute atomic E-state index is 14.9. The van der Waals surface area contributed by atoms with Crippen molar-refractivity contribution in [1.82, 2.24) is 15.6 Å². The molecular weight excluding hydrogens is 620 g/mol. The van der Waals surface area contributed by atoms with Crippen LogP contribution in [0.4, 0.5) is 26.3 Å². The minimum absolute atomic E-state index is 0.0179. The molecular formula is C28H31F6N3O6S. The van der Waals surface area contributed by atoms with E-state index in [2.05, 4.69) is 10.3 Å². The number of amides is 2. The Balaban J connectivity index is 2.02. The molecule has 2 aromatic rings. The Morgan fingerprint density at radius 3 is 2.23 bits per heavy atom. The summed E-state index contributed by atoms with van der Waals surface area (Å²) < 4.78 is 110. The number of aliphatic hydroxyl groups is 1. The zero-order chi connectivity index (χ0) is 33.1. The fourth-order valence-electron chi connectivity index (χ4n) is 4.47. The standard InChI is InChI=1S/C28H31F6N3O6S/c1-25(2,40)18-7-10-22(35-14-18)20-13-26(28(32,33)34,37-24(39)21(20)15-36-23(38)16-44(3,41)42)17-5-8-19(9-6-17)43-12-4-11-27(29,30)31/h5-10,14,40H,4,11-13,15-16H2,1-3H3,(H,36,38)(H,37,39)/t26-/m0/s1. The summed E-state index contributed by atoms with van der Waals surface area (Å²) in [6.07, 6.45) is -9.75. The molecule has 9 nitrogen and oxygen atoms in total. The Morgan fingerprint density at radius 2 is 1.73 bits per heavy atom. The van der Waals surface area contributed by atoms with Crippen molar-refractivity contribution in [3.05, 3.63) is 65.0 Å². The first-order chi connectivity index (χ1) is 20.1. The Hall–Kier alpha value is -3.66. The molecule has 1 aromatic carbocycles. The minimum Gasteiger partial charge on any atom is -0.494 e. The summed E-state index contributed by atoms with van der Waals surface area (Å²) in [7, 11) is -3.74. The second kappa shape index (κ2) is 12.8. The molecule has 1 atom stereocenters. The number of nitrogens with one attached hydrogen (secondary N) is 2. The van der Waals surface area contributed by atoms with Crippen LogP contribution in [0.1, 0.15) is 49.9 Å². The molecule has 0 unspecified atom stereocenters. The number of ether oxygens (including phenoxy) is 1. The predicted octanol–water partition coefficient (Wildman–Crippen LogP) is 3.92. The van der Waals surface area contributed by atoms with Crippen molar-refractivity contribution in [1.29, 1.82) is 0 Å². The molecule has 0 spiro atoms. The summed E-state index contributed by atoms with van der Waals surface area (Å²) >= 11 is 0. The topological polar surface area (TPSA) is 135 Å². The van der Waals surface area contributed by atoms with Crippen molar-refractivity contribution >= 4 is 27.2 Å². The summed E-state index contributed by atoms with van der Waals surface area (Å²) in [6.45, 7) is 2.01. The van der Waals surface area contributed by atoms with Gasteiger partial charge in [-0.15, -0.1) is 0 Å². The van der Waals surface area contributed by atoms with Gasteiger partial charge in [-0.05, 0) is 49.6 Å². The number of nitrogens with zero attached hydrogens (tertiary/aromatic N) is 1. The third-order valence-corrected chi connectivity index (χ3v) is 7.53. The van der Waals surface area contributed by atoms with Gasteiger partial charge in [0.1, 0.15) is 11.5 Å². The number of sulfone groups is 1. The van der Waals surface area contributed by atoms with E-state index >= 15 is 0 Å². The van der Waals surface area contributed by atoms with Crippen molar-refractivity contribution in [2.24, 2.45) is 0 Å². The maximum Gasteiger partial charge on any atom is 0.416 e. The molecule has 1 aromatic heterocycles. The third-order valence-electron chi connectivity index (χ3n) is 6.75. The zero-order valence-electron chi connectivity index (χ0n) is 23.9. The zero-order valence-corrected chi connectivity index (χ0v) is 24.7. The van der Waals surface area contributed by atoms with Crippen molar-refractivity contribution in [3.63, 3.8) is 0 Å². The SMILES string of the molecule is CC(C)(O)c1ccc(C2=C(CNC(=O)CS(C)(=O)=O)C(=O)N[C@@](c3ccc(OCCCC(F)(F)F)cc3)(C(F)(F)F)C2)nc1. The third kappa shape index (κ3) is 8.94. The van der Waals surface area contributed by atoms with Crippen LogP contribution in [0, 0.1) is 0 Å². The highest BCUT2D eigenvalue weighted by atomic mass is 32.2. The molecule has 0 aliphatic carbocycles. The molecule has 0 saturated carbocycles. The van der Waals surface area contributed by atoms with E-state index in [1.165, 1.54) is 32.2 Å². The number of alkyl halides is 6. The van der Waals surface area contributed by atoms with Crippen LogP contribution in [0.2, 0.25) is 0 Å². The van der Waals surface area contributed by atoms with Crippen molar-refractivity contribution < 1.29 is 54.2 Å². The number of pyridine rings is 1. The van der Waals surface area contributed by atoms with Gasteiger partial charge in [-0.3, -0.25) is 14.6 Å². The number of carbonyl (C=O) groups is 2. The largest absolute Gasteiger partial charge is 0.494 e. The van der Waals surface area contributed by atoms with E-state index in [0.29, 0.717) is 5.56 Å². The lowest BCUT2D eigenvalue weighted by molar-refractivity contribution is -0.201. The Morgan fingerprint density at radius 1 is 1.09 bits per heavy atom. The normalized spacial score (nSPS) is 18.2. The number of rotatable bonds is 11. The lowest BCUT2D eigenvalue weighted by atomic mass is 9.77. The molecule has 1 aliphatic rings. The summed E-state index contributed by atoms with van der Waals surface area (Å²) in [5.41, 5.74) is -4.95. The molecule has 0 radical (unpaired) electrons. The molecule has 16 heteroatoms. The molecule has 3 N–H and O–H groups in total. The second-order valence-corrected chi connectivity index (χ2v) is 13.1. The van der Waals surface area contributed by atoms with E-state index in [1.807, 2.05) is 5.32 Å². The minimum atomic E-state index is -5.08. The van der Waals surface area contributed by atoms with E-state index in [-0.39, 0.29) is 35.6 Å². The van der Waals surface area contributed by atoms with Crippen molar-refractivity contribution in [2.75, 3.05) is 25.2 Å². The molecule has 2 heterocycles. The van der Waals surface area contributed by atoms with Gasteiger partial charge in [0.25, 0.3) is 0 Å². The highest BCUT2D eigenvalue weighted by Gasteiger charge is 2.59. The average molecular weight is 652 g/mol. The highest BCUT2D eigenvalue weighted by Crippen LogP contribution is 2.48. The van der Waals surface area contributed by atoms with Gasteiger partial charge in [-0.25, -0.2) is 8.42 Å². The molecule has 0 saturated heterocycles. The molecule has 0 fully saturated rings. The summed E-state index contributed by atoms with van der Waals surface area (Å²) in [4.78, 5) is 29.7. The van der Waals surface area contributed by atoms with E-state index in [4.69, 9.17) is 4.74 Å². The molecule has 242 valence electrons. The van der Waals surface area contributed by atoms with Crippen LogP contribution in [-0.4, -0.2) is 67.8 Å². The van der Waals surface area contributed by atoms with E-state index in [1.54, 1.807) is 0 Å². The fourth-order valence-corrected chi connectivity index (χ4v) is 5.05. The maximum atomic E-state index is 14.9. The van der Waals surface area contributed by atoms with E-state index < -0.39 is 75.8 Å². The lowest BCUT2D eigenvalue weighted by Gasteiger charge is -2.41. The molecule has 44 heavy (non-hydrogen) atoms.